The molecule has 144 valence electrons. The summed E-state index contributed by atoms with van der Waals surface area (Å²) in [5.74, 6) is 11.2. The summed E-state index contributed by atoms with van der Waals surface area (Å²) >= 11 is 0. The van der Waals surface area contributed by atoms with Crippen molar-refractivity contribution in [2.45, 2.75) is 84.4 Å². The highest BCUT2D eigenvalue weighted by Gasteiger charge is 2.23. The van der Waals surface area contributed by atoms with Crippen LogP contribution in [0.4, 0.5) is 0 Å². The number of unbranched alkanes of at least 4 members (excludes halogenated alkanes) is 3. The van der Waals surface area contributed by atoms with Crippen molar-refractivity contribution in [3.05, 3.63) is 47.0 Å². The first-order valence-corrected chi connectivity index (χ1v) is 14.3. The molecule has 1 aromatic carbocycles. The molecule has 0 heterocycles. The summed E-state index contributed by atoms with van der Waals surface area (Å²) in [5.41, 5.74) is 7.73. The standard InChI is InChI=1S/C26H36Si/c1-5-6-7-11-16-25(21-20-23-14-9-8-10-15-23)26-19-12-17-24(26)18-13-22-27(2,3)4/h8-10,14-15,24H,5-7,11-12,16-19H2,1-4H3/b26-25+. The minimum absolute atomic E-state index is 0.639. The fourth-order valence-corrected chi connectivity index (χ4v) is 4.31. The zero-order chi connectivity index (χ0) is 19.5. The molecule has 0 saturated heterocycles. The molecule has 1 aliphatic carbocycles. The van der Waals surface area contributed by atoms with Crippen molar-refractivity contribution < 1.29 is 0 Å². The van der Waals surface area contributed by atoms with Gasteiger partial charge in [0.05, 0.1) is 0 Å². The maximum absolute atomic E-state index is 3.58. The van der Waals surface area contributed by atoms with Crippen molar-refractivity contribution in [3.8, 4) is 23.3 Å². The zero-order valence-electron chi connectivity index (χ0n) is 17.8. The van der Waals surface area contributed by atoms with E-state index in [2.05, 4.69) is 80.2 Å². The topological polar surface area (TPSA) is 0 Å². The quantitative estimate of drug-likeness (QED) is 0.276. The average Bonchev–Trinajstić information content (AvgIpc) is 3.09. The third-order valence-electron chi connectivity index (χ3n) is 5.10. The molecule has 0 aliphatic heterocycles. The van der Waals surface area contributed by atoms with Gasteiger partial charge in [0.1, 0.15) is 8.07 Å². The molecule has 0 radical (unpaired) electrons. The average molecular weight is 377 g/mol. The Morgan fingerprint density at radius 2 is 1.85 bits per heavy atom. The largest absolute Gasteiger partial charge is 0.132 e. The molecular formula is C26H36Si. The van der Waals surface area contributed by atoms with Gasteiger partial charge in [0.15, 0.2) is 0 Å². The highest BCUT2D eigenvalue weighted by molar-refractivity contribution is 6.83. The Labute approximate surface area is 168 Å². The van der Waals surface area contributed by atoms with Crippen LogP contribution in [0.15, 0.2) is 41.5 Å². The Morgan fingerprint density at radius 3 is 2.56 bits per heavy atom. The van der Waals surface area contributed by atoms with Crippen LogP contribution in [0.25, 0.3) is 0 Å². The molecule has 1 heteroatoms. The predicted molar refractivity (Wildman–Crippen MR) is 122 cm³/mol. The van der Waals surface area contributed by atoms with Gasteiger partial charge in [0.2, 0.25) is 0 Å². The molecule has 2 rings (SSSR count). The van der Waals surface area contributed by atoms with E-state index in [1.54, 1.807) is 5.57 Å². The molecule has 1 aromatic rings. The maximum atomic E-state index is 3.58. The van der Waals surface area contributed by atoms with Crippen LogP contribution in [0.3, 0.4) is 0 Å². The van der Waals surface area contributed by atoms with Gasteiger partial charge in [-0.2, -0.15) is 0 Å². The minimum Gasteiger partial charge on any atom is -0.132 e. The molecule has 1 aliphatic rings. The minimum atomic E-state index is -1.27. The second-order valence-electron chi connectivity index (χ2n) is 8.78. The molecule has 0 bridgehead atoms. The van der Waals surface area contributed by atoms with Crippen molar-refractivity contribution in [1.82, 2.24) is 0 Å². The van der Waals surface area contributed by atoms with Gasteiger partial charge >= 0.3 is 0 Å². The van der Waals surface area contributed by atoms with Crippen LogP contribution in [-0.2, 0) is 0 Å². The number of benzene rings is 1. The highest BCUT2D eigenvalue weighted by atomic mass is 28.3. The molecule has 0 aromatic heterocycles. The second kappa shape index (κ2) is 11.2. The van der Waals surface area contributed by atoms with Crippen molar-refractivity contribution in [1.29, 1.82) is 0 Å². The van der Waals surface area contributed by atoms with Crippen LogP contribution < -0.4 is 0 Å². The lowest BCUT2D eigenvalue weighted by Gasteiger charge is -2.13. The summed E-state index contributed by atoms with van der Waals surface area (Å²) in [6.45, 7) is 9.26. The number of allylic oxidation sites excluding steroid dienone is 2. The van der Waals surface area contributed by atoms with E-state index in [0.717, 1.165) is 18.4 Å². The first-order valence-electron chi connectivity index (χ1n) is 10.8. The van der Waals surface area contributed by atoms with Crippen LogP contribution in [-0.4, -0.2) is 8.07 Å². The monoisotopic (exact) mass is 376 g/mol. The van der Waals surface area contributed by atoms with Gasteiger partial charge in [-0.05, 0) is 50.2 Å². The van der Waals surface area contributed by atoms with E-state index in [1.165, 1.54) is 50.5 Å². The normalized spacial score (nSPS) is 18.3. The van der Waals surface area contributed by atoms with Gasteiger partial charge in [-0.1, -0.05) is 81.4 Å². The van der Waals surface area contributed by atoms with Crippen molar-refractivity contribution in [3.63, 3.8) is 0 Å². The van der Waals surface area contributed by atoms with Crippen molar-refractivity contribution in [2.75, 3.05) is 0 Å². The Kier molecular flexibility index (Phi) is 8.97. The smallest absolute Gasteiger partial charge is 0.129 e. The molecule has 0 nitrogen and oxygen atoms in total. The fraction of sp³-hybridized carbons (Fsp3) is 0.538. The van der Waals surface area contributed by atoms with Crippen LogP contribution in [0, 0.1) is 29.2 Å². The second-order valence-corrected chi connectivity index (χ2v) is 13.5. The van der Waals surface area contributed by atoms with Gasteiger partial charge in [0, 0.05) is 17.6 Å². The fourth-order valence-electron chi connectivity index (χ4n) is 3.68. The molecule has 1 atom stereocenters. The molecule has 27 heavy (non-hydrogen) atoms. The summed E-state index contributed by atoms with van der Waals surface area (Å²) < 4.78 is 0. The third kappa shape index (κ3) is 8.24. The lowest BCUT2D eigenvalue weighted by atomic mass is 9.92. The Balaban J connectivity index is 2.20. The maximum Gasteiger partial charge on any atom is 0.129 e. The van der Waals surface area contributed by atoms with Gasteiger partial charge in [0.25, 0.3) is 0 Å². The molecule has 0 amide bonds. The zero-order valence-corrected chi connectivity index (χ0v) is 18.8. The summed E-state index contributed by atoms with van der Waals surface area (Å²) in [6, 6.07) is 10.4. The molecule has 0 spiro atoms. The Bertz CT molecular complexity index is 726. The summed E-state index contributed by atoms with van der Waals surface area (Å²) in [5, 5.41) is 0. The van der Waals surface area contributed by atoms with Crippen molar-refractivity contribution in [2.24, 2.45) is 5.92 Å². The summed E-state index contributed by atoms with van der Waals surface area (Å²) in [7, 11) is -1.27. The van der Waals surface area contributed by atoms with Crippen LogP contribution in [0.5, 0.6) is 0 Å². The highest BCUT2D eigenvalue weighted by Crippen LogP contribution is 2.36. The Hall–Kier alpha value is -1.70. The lowest BCUT2D eigenvalue weighted by Crippen LogP contribution is -2.16. The van der Waals surface area contributed by atoms with E-state index >= 15 is 0 Å². The van der Waals surface area contributed by atoms with E-state index in [-0.39, 0.29) is 0 Å². The molecule has 1 fully saturated rings. The van der Waals surface area contributed by atoms with Gasteiger partial charge in [-0.3, -0.25) is 0 Å². The van der Waals surface area contributed by atoms with Gasteiger partial charge in [-0.25, -0.2) is 0 Å². The lowest BCUT2D eigenvalue weighted by molar-refractivity contribution is 0.632. The summed E-state index contributed by atoms with van der Waals surface area (Å²) in [6.07, 6.45) is 11.2. The first-order chi connectivity index (χ1) is 13.0. The van der Waals surface area contributed by atoms with Crippen molar-refractivity contribution >= 4 is 8.07 Å². The number of hydrogen-bond donors (Lipinski definition) is 0. The van der Waals surface area contributed by atoms with E-state index in [9.17, 15) is 0 Å². The van der Waals surface area contributed by atoms with Crippen LogP contribution >= 0.6 is 0 Å². The molecule has 1 unspecified atom stereocenters. The number of rotatable bonds is 6. The van der Waals surface area contributed by atoms with Gasteiger partial charge in [-0.15, -0.1) is 11.5 Å². The van der Waals surface area contributed by atoms with Gasteiger partial charge < -0.3 is 0 Å². The predicted octanol–water partition coefficient (Wildman–Crippen LogP) is 7.38. The summed E-state index contributed by atoms with van der Waals surface area (Å²) in [4.78, 5) is 0. The van der Waals surface area contributed by atoms with E-state index in [4.69, 9.17) is 0 Å². The van der Waals surface area contributed by atoms with Crippen LogP contribution in [0.1, 0.15) is 70.3 Å². The number of hydrogen-bond acceptors (Lipinski definition) is 0. The Morgan fingerprint density at radius 1 is 1.07 bits per heavy atom. The molecule has 0 N–H and O–H groups in total. The first kappa shape index (κ1) is 21.6. The molecule has 1 saturated carbocycles. The van der Waals surface area contributed by atoms with E-state index in [0.29, 0.717) is 5.92 Å². The third-order valence-corrected chi connectivity index (χ3v) is 6.03. The van der Waals surface area contributed by atoms with E-state index < -0.39 is 8.07 Å². The molecular weight excluding hydrogens is 340 g/mol. The SMILES string of the molecule is CCCCCC/C(C#Cc1ccccc1)=C1/CCCC1CC#C[Si](C)(C)C. The van der Waals surface area contributed by atoms with Crippen LogP contribution in [0.2, 0.25) is 19.6 Å². The van der Waals surface area contributed by atoms with E-state index in [1.807, 2.05) is 0 Å².